The van der Waals surface area contributed by atoms with Gasteiger partial charge in [-0.2, -0.15) is 0 Å². The van der Waals surface area contributed by atoms with E-state index in [1.807, 2.05) is 30.3 Å². The number of amides is 1. The minimum Gasteiger partial charge on any atom is -0.497 e. The van der Waals surface area contributed by atoms with E-state index >= 15 is 0 Å². The topological polar surface area (TPSA) is 71.6 Å². The molecular weight excluding hydrogens is 362 g/mol. The molecule has 0 saturated carbocycles. The van der Waals surface area contributed by atoms with E-state index in [1.54, 1.807) is 25.3 Å². The lowest BCUT2D eigenvalue weighted by atomic mass is 9.88. The molecule has 1 aliphatic heterocycles. The van der Waals surface area contributed by atoms with Gasteiger partial charge in [0.1, 0.15) is 17.4 Å². The Morgan fingerprint density at radius 1 is 1.15 bits per heavy atom. The molecule has 1 heterocycles. The minimum atomic E-state index is -0.564. The Morgan fingerprint density at radius 2 is 1.89 bits per heavy atom. The van der Waals surface area contributed by atoms with Crippen LogP contribution in [-0.4, -0.2) is 25.2 Å². The first-order chi connectivity index (χ1) is 13.0. The minimum absolute atomic E-state index is 0.222. The summed E-state index contributed by atoms with van der Waals surface area (Å²) in [6.07, 6.45) is 0. The Kier molecular flexibility index (Phi) is 5.61. The molecule has 1 saturated heterocycles. The highest BCUT2D eigenvalue weighted by Gasteiger charge is 2.36. The number of methoxy groups -OCH3 is 2. The number of carbonyl (C=O) groups excluding carboxylic acids is 1. The Bertz CT molecular complexity index is 870. The molecule has 1 aliphatic rings. The molecule has 0 spiro atoms. The summed E-state index contributed by atoms with van der Waals surface area (Å²) in [5.41, 5.74) is 2.04. The lowest BCUT2D eigenvalue weighted by Gasteiger charge is -2.35. The Labute approximate surface area is 163 Å². The van der Waals surface area contributed by atoms with Crippen molar-refractivity contribution in [2.24, 2.45) is 5.92 Å². The van der Waals surface area contributed by atoms with Crippen LogP contribution in [0.15, 0.2) is 60.8 Å². The summed E-state index contributed by atoms with van der Waals surface area (Å²) in [6.45, 7) is 4.00. The molecule has 6 nitrogen and oxygen atoms in total. The van der Waals surface area contributed by atoms with Gasteiger partial charge in [-0.3, -0.25) is 4.79 Å². The molecule has 7 heteroatoms. The van der Waals surface area contributed by atoms with Crippen molar-refractivity contribution in [3.8, 4) is 11.5 Å². The quantitative estimate of drug-likeness (QED) is 0.690. The van der Waals surface area contributed by atoms with Crippen molar-refractivity contribution in [2.75, 3.05) is 19.5 Å². The predicted molar refractivity (Wildman–Crippen MR) is 109 cm³/mol. The molecule has 3 N–H and O–H groups in total. The van der Waals surface area contributed by atoms with E-state index in [0.29, 0.717) is 28.0 Å². The molecule has 0 radical (unpaired) electrons. The number of ether oxygens (including phenoxy) is 2. The SMILES string of the molecule is C=C1NC(=S)N[C@@H](c2ccccc2)[C@@H]1C(=O)Nc1ccc(OC)cc1OC. The smallest absolute Gasteiger partial charge is 0.235 e. The summed E-state index contributed by atoms with van der Waals surface area (Å²) < 4.78 is 10.6. The lowest BCUT2D eigenvalue weighted by molar-refractivity contribution is -0.119. The Balaban J connectivity index is 1.89. The van der Waals surface area contributed by atoms with Gasteiger partial charge in [-0.25, -0.2) is 0 Å². The van der Waals surface area contributed by atoms with Gasteiger partial charge in [0.15, 0.2) is 5.11 Å². The average molecular weight is 383 g/mol. The summed E-state index contributed by atoms with van der Waals surface area (Å²) in [5, 5.41) is 9.50. The van der Waals surface area contributed by atoms with E-state index in [4.69, 9.17) is 21.7 Å². The van der Waals surface area contributed by atoms with Gasteiger partial charge in [-0.1, -0.05) is 36.9 Å². The van der Waals surface area contributed by atoms with Crippen LogP contribution in [0.4, 0.5) is 5.69 Å². The van der Waals surface area contributed by atoms with Crippen LogP contribution in [0.25, 0.3) is 0 Å². The summed E-state index contributed by atoms with van der Waals surface area (Å²) in [7, 11) is 3.11. The van der Waals surface area contributed by atoms with Gasteiger partial charge in [0.05, 0.1) is 25.9 Å². The number of benzene rings is 2. The van der Waals surface area contributed by atoms with Crippen LogP contribution in [-0.2, 0) is 4.79 Å². The number of hydrogen-bond donors (Lipinski definition) is 3. The first-order valence-electron chi connectivity index (χ1n) is 8.37. The molecule has 0 aliphatic carbocycles. The largest absolute Gasteiger partial charge is 0.497 e. The third-order valence-corrected chi connectivity index (χ3v) is 4.60. The predicted octanol–water partition coefficient (Wildman–Crippen LogP) is 2.99. The van der Waals surface area contributed by atoms with E-state index in [-0.39, 0.29) is 11.9 Å². The second kappa shape index (κ2) is 8.09. The molecule has 3 rings (SSSR count). The monoisotopic (exact) mass is 383 g/mol. The second-order valence-electron chi connectivity index (χ2n) is 6.05. The molecule has 0 unspecified atom stereocenters. The molecule has 140 valence electrons. The van der Waals surface area contributed by atoms with Crippen molar-refractivity contribution in [1.82, 2.24) is 10.6 Å². The zero-order valence-corrected chi connectivity index (χ0v) is 15.9. The van der Waals surface area contributed by atoms with Crippen molar-refractivity contribution < 1.29 is 14.3 Å². The van der Waals surface area contributed by atoms with Crippen LogP contribution in [0.2, 0.25) is 0 Å². The second-order valence-corrected chi connectivity index (χ2v) is 6.45. The van der Waals surface area contributed by atoms with Crippen molar-refractivity contribution >= 4 is 28.9 Å². The normalized spacial score (nSPS) is 18.9. The van der Waals surface area contributed by atoms with Gasteiger partial charge < -0.3 is 25.4 Å². The first-order valence-corrected chi connectivity index (χ1v) is 8.78. The standard InChI is InChI=1S/C20H21N3O3S/c1-12-17(18(23-20(27)21-12)13-7-5-4-6-8-13)19(24)22-15-10-9-14(25-2)11-16(15)26-3/h4-11,17-18H,1H2,2-3H3,(H,22,24)(H2,21,23,27)/t17-,18+/m1/s1. The number of rotatable bonds is 5. The Hall–Kier alpha value is -3.06. The highest BCUT2D eigenvalue weighted by atomic mass is 32.1. The first kappa shape index (κ1) is 18.7. The number of carbonyl (C=O) groups is 1. The maximum Gasteiger partial charge on any atom is 0.235 e. The number of anilines is 1. The van der Waals surface area contributed by atoms with E-state index in [0.717, 1.165) is 5.56 Å². The fraction of sp³-hybridized carbons (Fsp3) is 0.200. The zero-order chi connectivity index (χ0) is 19.4. The van der Waals surface area contributed by atoms with Crippen molar-refractivity contribution in [3.63, 3.8) is 0 Å². The molecular formula is C20H21N3O3S. The highest BCUT2D eigenvalue weighted by Crippen LogP contribution is 2.33. The number of thiocarbonyl (C=S) groups is 1. The van der Waals surface area contributed by atoms with E-state index in [2.05, 4.69) is 22.5 Å². The van der Waals surface area contributed by atoms with Crippen molar-refractivity contribution in [3.05, 3.63) is 66.4 Å². The fourth-order valence-corrected chi connectivity index (χ4v) is 3.30. The molecule has 1 fully saturated rings. The summed E-state index contributed by atoms with van der Waals surface area (Å²) >= 11 is 5.25. The van der Waals surface area contributed by atoms with Gasteiger partial charge in [-0.05, 0) is 29.9 Å². The Morgan fingerprint density at radius 3 is 2.56 bits per heavy atom. The van der Waals surface area contributed by atoms with Gasteiger partial charge in [0.2, 0.25) is 5.91 Å². The molecule has 27 heavy (non-hydrogen) atoms. The zero-order valence-electron chi connectivity index (χ0n) is 15.1. The van der Waals surface area contributed by atoms with E-state index in [1.165, 1.54) is 7.11 Å². The van der Waals surface area contributed by atoms with Crippen LogP contribution in [0, 0.1) is 5.92 Å². The highest BCUT2D eigenvalue weighted by molar-refractivity contribution is 7.80. The van der Waals surface area contributed by atoms with Gasteiger partial charge >= 0.3 is 0 Å². The fourth-order valence-electron chi connectivity index (χ4n) is 3.04. The third-order valence-electron chi connectivity index (χ3n) is 4.38. The lowest BCUT2D eigenvalue weighted by Crippen LogP contribution is -2.51. The molecule has 2 atom stereocenters. The molecule has 0 bridgehead atoms. The van der Waals surface area contributed by atoms with E-state index < -0.39 is 5.92 Å². The average Bonchev–Trinajstić information content (AvgIpc) is 2.68. The van der Waals surface area contributed by atoms with Gasteiger partial charge in [0, 0.05) is 11.8 Å². The van der Waals surface area contributed by atoms with Crippen molar-refractivity contribution in [2.45, 2.75) is 6.04 Å². The number of hydrogen-bond acceptors (Lipinski definition) is 4. The molecule has 0 aromatic heterocycles. The van der Waals surface area contributed by atoms with E-state index in [9.17, 15) is 4.79 Å². The summed E-state index contributed by atoms with van der Waals surface area (Å²) in [5.74, 6) is 0.366. The molecule has 2 aromatic carbocycles. The maximum absolute atomic E-state index is 13.1. The van der Waals surface area contributed by atoms with Crippen LogP contribution in [0.1, 0.15) is 11.6 Å². The number of nitrogens with one attached hydrogen (secondary N) is 3. The molecule has 2 aromatic rings. The summed E-state index contributed by atoms with van der Waals surface area (Å²) in [4.78, 5) is 13.1. The van der Waals surface area contributed by atoms with Crippen LogP contribution < -0.4 is 25.4 Å². The van der Waals surface area contributed by atoms with Gasteiger partial charge in [-0.15, -0.1) is 0 Å². The van der Waals surface area contributed by atoms with Gasteiger partial charge in [0.25, 0.3) is 0 Å². The van der Waals surface area contributed by atoms with Crippen LogP contribution >= 0.6 is 12.2 Å². The molecule has 1 amide bonds. The van der Waals surface area contributed by atoms with Crippen molar-refractivity contribution in [1.29, 1.82) is 0 Å². The maximum atomic E-state index is 13.1. The third kappa shape index (κ3) is 4.03. The summed E-state index contributed by atoms with van der Waals surface area (Å²) in [6, 6.07) is 14.6. The van der Waals surface area contributed by atoms with Crippen LogP contribution in [0.5, 0.6) is 11.5 Å². The van der Waals surface area contributed by atoms with Crippen LogP contribution in [0.3, 0.4) is 0 Å².